The van der Waals surface area contributed by atoms with Gasteiger partial charge in [-0.05, 0) is 116 Å². The van der Waals surface area contributed by atoms with Crippen molar-refractivity contribution >= 4 is 11.9 Å². The van der Waals surface area contributed by atoms with E-state index in [-0.39, 0.29) is 29.6 Å². The minimum absolute atomic E-state index is 0.0695. The zero-order valence-corrected chi connectivity index (χ0v) is 33.6. The second kappa shape index (κ2) is 13.3. The maximum atomic E-state index is 15.0. The molecular formula is C42H64N2O5. The number of hydrogen-bond acceptors (Lipinski definition) is 7. The molecule has 0 aliphatic carbocycles. The first-order valence-corrected chi connectivity index (χ1v) is 17.9. The van der Waals surface area contributed by atoms with E-state index in [0.29, 0.717) is 6.42 Å². The van der Waals surface area contributed by atoms with Crippen LogP contribution in [0.5, 0.6) is 5.75 Å². The second-order valence-electron chi connectivity index (χ2n) is 18.5. The van der Waals surface area contributed by atoms with Crippen LogP contribution in [0.15, 0.2) is 12.1 Å². The minimum Gasteiger partial charge on any atom is -0.507 e. The highest BCUT2D eigenvalue weighted by Gasteiger charge is 2.62. The third-order valence-electron chi connectivity index (χ3n) is 11.3. The molecule has 3 unspecified atom stereocenters. The van der Waals surface area contributed by atoms with Crippen molar-refractivity contribution in [1.82, 2.24) is 9.80 Å². The molecule has 1 N–H and O–H groups in total. The molecule has 0 radical (unpaired) electrons. The summed E-state index contributed by atoms with van der Waals surface area (Å²) in [5, 5.41) is 11.3. The van der Waals surface area contributed by atoms with Gasteiger partial charge in [0.25, 0.3) is 0 Å². The van der Waals surface area contributed by atoms with Gasteiger partial charge in [0.15, 0.2) is 11.5 Å². The lowest BCUT2D eigenvalue weighted by Gasteiger charge is -2.53. The molecule has 7 nitrogen and oxygen atoms in total. The molecule has 1 aromatic carbocycles. The van der Waals surface area contributed by atoms with Gasteiger partial charge in [0.05, 0.1) is 22.5 Å². The zero-order chi connectivity index (χ0) is 37.8. The number of phenolic OH excluding ortho intramolecular Hbond substituents is 1. The number of hydrogen-bond donors (Lipinski definition) is 1. The Kier molecular flexibility index (Phi) is 11.0. The van der Waals surface area contributed by atoms with Gasteiger partial charge in [0.1, 0.15) is 12.4 Å². The smallest absolute Gasteiger partial charge is 0.326 e. The van der Waals surface area contributed by atoms with Gasteiger partial charge in [-0.25, -0.2) is 0 Å². The first kappa shape index (κ1) is 40.4. The highest BCUT2D eigenvalue weighted by Crippen LogP contribution is 2.48. The molecule has 0 amide bonds. The van der Waals surface area contributed by atoms with Crippen LogP contribution >= 0.6 is 0 Å². The Bertz CT molecular complexity index is 1530. The number of likely N-dealkylation sites (N-methyl/N-ethyl adjacent to an activating group) is 1. The number of carbonyl (C=O) groups excluding carboxylic acids is 2. The molecule has 1 aromatic rings. The van der Waals surface area contributed by atoms with Crippen molar-refractivity contribution in [3.63, 3.8) is 0 Å². The molecule has 3 atom stereocenters. The van der Waals surface area contributed by atoms with Crippen LogP contribution in [0.3, 0.4) is 0 Å². The number of unbranched alkanes of at least 4 members (excludes halogenated alkanes) is 1. The third-order valence-corrected chi connectivity index (χ3v) is 11.3. The molecule has 0 spiro atoms. The average Bonchev–Trinajstić information content (AvgIpc) is 2.96. The first-order valence-electron chi connectivity index (χ1n) is 17.9. The molecule has 0 fully saturated rings. The Labute approximate surface area is 297 Å². The number of nitrogens with zero attached hydrogens (tertiary/aromatic N) is 2. The van der Waals surface area contributed by atoms with Gasteiger partial charge in [-0.2, -0.15) is 0 Å². The molecule has 0 saturated carbocycles. The summed E-state index contributed by atoms with van der Waals surface area (Å²) in [7, 11) is 3.97. The number of phenols is 1. The summed E-state index contributed by atoms with van der Waals surface area (Å²) in [5.41, 5.74) is -2.37. The van der Waals surface area contributed by atoms with Gasteiger partial charge in [-0.1, -0.05) is 85.0 Å². The number of carbonyl (C=O) groups is 2. The number of ether oxygens (including phenoxy) is 2. The summed E-state index contributed by atoms with van der Waals surface area (Å²) in [6.45, 7) is 30.5. The molecular weight excluding hydrogens is 612 g/mol. The van der Waals surface area contributed by atoms with Crippen molar-refractivity contribution in [2.75, 3.05) is 14.1 Å². The summed E-state index contributed by atoms with van der Waals surface area (Å²) < 4.78 is 12.7. The molecule has 272 valence electrons. The number of aromatic hydroxyl groups is 1. The van der Waals surface area contributed by atoms with Gasteiger partial charge in [-0.3, -0.25) is 19.4 Å². The van der Waals surface area contributed by atoms with Crippen LogP contribution in [-0.4, -0.2) is 69.2 Å². The predicted octanol–water partition coefficient (Wildman–Crippen LogP) is 7.75. The molecule has 2 aliphatic heterocycles. The van der Waals surface area contributed by atoms with Crippen molar-refractivity contribution in [1.29, 1.82) is 0 Å². The number of benzene rings is 1. The normalized spacial score (nSPS) is 24.0. The monoisotopic (exact) mass is 676 g/mol. The van der Waals surface area contributed by atoms with E-state index >= 15 is 0 Å². The van der Waals surface area contributed by atoms with E-state index in [4.69, 9.17) is 9.47 Å². The van der Waals surface area contributed by atoms with E-state index in [1.54, 1.807) is 0 Å². The summed E-state index contributed by atoms with van der Waals surface area (Å²) in [6, 6.07) is 3.81. The Morgan fingerprint density at radius 3 is 1.73 bits per heavy atom. The molecule has 0 saturated heterocycles. The Morgan fingerprint density at radius 2 is 1.27 bits per heavy atom. The molecule has 0 aromatic heterocycles. The van der Waals surface area contributed by atoms with Crippen LogP contribution in [-0.2, 0) is 36.5 Å². The van der Waals surface area contributed by atoms with E-state index in [1.165, 1.54) is 0 Å². The molecule has 2 heterocycles. The van der Waals surface area contributed by atoms with Crippen molar-refractivity contribution in [2.24, 2.45) is 11.3 Å². The van der Waals surface area contributed by atoms with Crippen LogP contribution in [0.4, 0.5) is 0 Å². The maximum absolute atomic E-state index is 15.0. The van der Waals surface area contributed by atoms with Crippen LogP contribution in [0.2, 0.25) is 0 Å². The van der Waals surface area contributed by atoms with Crippen molar-refractivity contribution in [3.05, 3.63) is 28.8 Å². The van der Waals surface area contributed by atoms with Crippen molar-refractivity contribution in [3.8, 4) is 29.4 Å². The molecule has 0 bridgehead atoms. The SMILES string of the molecule is CCCCC(C(=O)OCc1cc(C(C)(C)C)c(O)c(C(C)(C)C)c1)(C(=O)OC1C#CC(C)(C)N(C)C1(C)C)C1C#CC(C)(C)N(C)C1(C)C. The van der Waals surface area contributed by atoms with E-state index in [1.807, 2.05) is 130 Å². The third kappa shape index (κ3) is 7.55. The molecule has 2 aliphatic rings. The molecule has 49 heavy (non-hydrogen) atoms. The lowest BCUT2D eigenvalue weighted by molar-refractivity contribution is -0.188. The van der Waals surface area contributed by atoms with Crippen LogP contribution in [0, 0.1) is 35.0 Å². The Hall–Kier alpha value is -3.00. The lowest BCUT2D eigenvalue weighted by atomic mass is 9.62. The zero-order valence-electron chi connectivity index (χ0n) is 33.6. The summed E-state index contributed by atoms with van der Waals surface area (Å²) >= 11 is 0. The van der Waals surface area contributed by atoms with Crippen molar-refractivity contribution < 1.29 is 24.2 Å². The predicted molar refractivity (Wildman–Crippen MR) is 198 cm³/mol. The summed E-state index contributed by atoms with van der Waals surface area (Å²) in [5.74, 6) is 11.5. The fourth-order valence-electron chi connectivity index (χ4n) is 7.26. The van der Waals surface area contributed by atoms with Crippen molar-refractivity contribution in [2.45, 2.75) is 169 Å². The van der Waals surface area contributed by atoms with E-state index in [2.05, 4.69) is 33.5 Å². The van der Waals surface area contributed by atoms with Gasteiger partial charge in [0.2, 0.25) is 0 Å². The largest absolute Gasteiger partial charge is 0.507 e. The average molecular weight is 677 g/mol. The Morgan fingerprint density at radius 1 is 0.796 bits per heavy atom. The maximum Gasteiger partial charge on any atom is 0.326 e. The fraction of sp³-hybridized carbons (Fsp3) is 0.714. The van der Waals surface area contributed by atoms with E-state index in [9.17, 15) is 14.7 Å². The van der Waals surface area contributed by atoms with Gasteiger partial charge < -0.3 is 14.6 Å². The number of rotatable bonds is 9. The fourth-order valence-corrected chi connectivity index (χ4v) is 7.26. The highest BCUT2D eigenvalue weighted by atomic mass is 16.6. The number of esters is 2. The van der Waals surface area contributed by atoms with Crippen LogP contribution in [0.1, 0.15) is 140 Å². The summed E-state index contributed by atoms with van der Waals surface area (Å²) in [6.07, 6.45) is 0.801. The van der Waals surface area contributed by atoms with Gasteiger partial charge in [0, 0.05) is 5.54 Å². The van der Waals surface area contributed by atoms with E-state index < -0.39 is 51.5 Å². The van der Waals surface area contributed by atoms with E-state index in [0.717, 1.165) is 23.1 Å². The van der Waals surface area contributed by atoms with Crippen LogP contribution < -0.4 is 0 Å². The topological polar surface area (TPSA) is 79.3 Å². The highest BCUT2D eigenvalue weighted by molar-refractivity contribution is 6.01. The standard InChI is InChI=1S/C42H64N2O5/c1-18-19-22-42(31-20-23-38(8,9)43(16)40(31,12)13,35(47)49-32-21-24-39(10,11)44(17)41(32,14)15)34(46)48-27-28-25-29(36(2,3)4)33(45)30(26-28)37(5,6)7/h25-26,31-32,45H,18-19,22,27H2,1-17H3. The first-order chi connectivity index (χ1) is 22.1. The lowest BCUT2D eigenvalue weighted by Crippen LogP contribution is -2.66. The quantitative estimate of drug-likeness (QED) is 0.163. The molecule has 3 rings (SSSR count). The van der Waals surface area contributed by atoms with Crippen LogP contribution in [0.25, 0.3) is 0 Å². The van der Waals surface area contributed by atoms with Gasteiger partial charge >= 0.3 is 11.9 Å². The molecule has 7 heteroatoms. The second-order valence-corrected chi connectivity index (χ2v) is 18.5. The summed E-state index contributed by atoms with van der Waals surface area (Å²) in [4.78, 5) is 34.2. The van der Waals surface area contributed by atoms with Gasteiger partial charge in [-0.15, -0.1) is 0 Å². The minimum atomic E-state index is -1.73. The Balaban J connectivity index is 2.22.